The zero-order chi connectivity index (χ0) is 13.1. The predicted octanol–water partition coefficient (Wildman–Crippen LogP) is 2.12. The monoisotopic (exact) mass is 326 g/mol. The molecule has 0 aromatic heterocycles. The fourth-order valence-electron chi connectivity index (χ4n) is 1.85. The highest BCUT2D eigenvalue weighted by atomic mass is 79.9. The average Bonchev–Trinajstić information content (AvgIpc) is 2.27. The highest BCUT2D eigenvalue weighted by Crippen LogP contribution is 2.21. The lowest BCUT2D eigenvalue weighted by atomic mass is 9.98. The number of nitrogens with zero attached hydrogens (tertiary/aromatic N) is 1. The Morgan fingerprint density at radius 1 is 1.41 bits per heavy atom. The third-order valence-corrected chi connectivity index (χ3v) is 6.33. The van der Waals surface area contributed by atoms with Gasteiger partial charge >= 0.3 is 0 Å². The van der Waals surface area contributed by atoms with Gasteiger partial charge < -0.3 is 0 Å². The van der Waals surface area contributed by atoms with E-state index < -0.39 is 10.2 Å². The summed E-state index contributed by atoms with van der Waals surface area (Å²) in [6, 6.07) is 0.119. The molecule has 1 atom stereocenters. The minimum atomic E-state index is -3.31. The van der Waals surface area contributed by atoms with Gasteiger partial charge in [-0.2, -0.15) is 12.7 Å². The number of hydrogen-bond acceptors (Lipinski definition) is 2. The van der Waals surface area contributed by atoms with Gasteiger partial charge in [-0.3, -0.25) is 0 Å². The molecule has 1 unspecified atom stereocenters. The molecule has 0 aromatic rings. The summed E-state index contributed by atoms with van der Waals surface area (Å²) in [5.74, 6) is 0. The summed E-state index contributed by atoms with van der Waals surface area (Å²) in [4.78, 5) is 0. The van der Waals surface area contributed by atoms with Crippen LogP contribution in [-0.2, 0) is 10.2 Å². The second-order valence-corrected chi connectivity index (χ2v) is 7.85. The first-order chi connectivity index (χ1) is 7.78. The summed E-state index contributed by atoms with van der Waals surface area (Å²) in [5, 5.41) is 0.776. The molecule has 1 aliphatic heterocycles. The second kappa shape index (κ2) is 5.99. The Bertz CT molecular complexity index is 343. The fraction of sp³-hybridized carbons (Fsp3) is 1.00. The van der Waals surface area contributed by atoms with Crippen molar-refractivity contribution in [2.45, 2.75) is 46.1 Å². The Morgan fingerprint density at radius 3 is 2.59 bits per heavy atom. The molecule has 0 aliphatic carbocycles. The van der Waals surface area contributed by atoms with Gasteiger partial charge in [0.2, 0.25) is 0 Å². The molecule has 1 N–H and O–H groups in total. The van der Waals surface area contributed by atoms with E-state index in [-0.39, 0.29) is 11.5 Å². The van der Waals surface area contributed by atoms with Crippen LogP contribution in [0.5, 0.6) is 0 Å². The molecule has 0 radical (unpaired) electrons. The molecule has 0 bridgehead atoms. The summed E-state index contributed by atoms with van der Waals surface area (Å²) in [5.41, 5.74) is -0.0634. The van der Waals surface area contributed by atoms with Crippen molar-refractivity contribution in [1.29, 1.82) is 0 Å². The first-order valence-corrected chi connectivity index (χ1v) is 8.67. The Labute approximate surface area is 113 Å². The molecule has 1 aliphatic rings. The lowest BCUT2D eigenvalue weighted by molar-refractivity contribution is 0.263. The number of alkyl halides is 1. The zero-order valence-corrected chi connectivity index (χ0v) is 13.3. The number of hydrogen-bond donors (Lipinski definition) is 1. The largest absolute Gasteiger partial charge is 0.279 e. The normalized spacial score (nSPS) is 23.9. The van der Waals surface area contributed by atoms with Gasteiger partial charge in [0.05, 0.1) is 0 Å². The molecule has 1 rings (SSSR count). The van der Waals surface area contributed by atoms with Crippen LogP contribution in [0.1, 0.15) is 40.0 Å². The van der Waals surface area contributed by atoms with Crippen LogP contribution in [0.15, 0.2) is 0 Å². The minimum absolute atomic E-state index is 0.0634. The van der Waals surface area contributed by atoms with Crippen molar-refractivity contribution in [1.82, 2.24) is 9.03 Å². The zero-order valence-electron chi connectivity index (χ0n) is 10.9. The van der Waals surface area contributed by atoms with Gasteiger partial charge in [0.15, 0.2) is 0 Å². The minimum Gasteiger partial charge on any atom is -0.202 e. The van der Waals surface area contributed by atoms with Crippen LogP contribution in [0.3, 0.4) is 0 Å². The molecule has 1 saturated heterocycles. The van der Waals surface area contributed by atoms with Crippen LogP contribution in [0, 0.1) is 5.41 Å². The topological polar surface area (TPSA) is 49.4 Å². The maximum Gasteiger partial charge on any atom is 0.279 e. The van der Waals surface area contributed by atoms with Crippen molar-refractivity contribution in [3.05, 3.63) is 0 Å². The third kappa shape index (κ3) is 4.50. The van der Waals surface area contributed by atoms with Crippen LogP contribution >= 0.6 is 15.9 Å². The van der Waals surface area contributed by atoms with Gasteiger partial charge in [0.1, 0.15) is 0 Å². The molecule has 6 heteroatoms. The number of halogens is 1. The average molecular weight is 327 g/mol. The van der Waals surface area contributed by atoms with E-state index in [0.717, 1.165) is 24.6 Å². The summed E-state index contributed by atoms with van der Waals surface area (Å²) < 4.78 is 28.6. The Morgan fingerprint density at radius 2 is 2.06 bits per heavy atom. The molecular weight excluding hydrogens is 304 g/mol. The number of piperidine rings is 1. The van der Waals surface area contributed by atoms with Crippen LogP contribution in [0.4, 0.5) is 0 Å². The van der Waals surface area contributed by atoms with E-state index in [1.807, 2.05) is 20.8 Å². The van der Waals surface area contributed by atoms with Crippen molar-refractivity contribution in [2.75, 3.05) is 18.4 Å². The van der Waals surface area contributed by atoms with Crippen molar-refractivity contribution in [2.24, 2.45) is 5.41 Å². The molecule has 102 valence electrons. The lowest BCUT2D eigenvalue weighted by Gasteiger charge is -2.33. The molecule has 1 fully saturated rings. The molecule has 0 amide bonds. The molecule has 0 aromatic carbocycles. The Balaban J connectivity index is 2.62. The second-order valence-electron chi connectivity index (χ2n) is 5.58. The summed E-state index contributed by atoms with van der Waals surface area (Å²) in [6.07, 6.45) is 3.05. The molecule has 4 nitrogen and oxygen atoms in total. The summed E-state index contributed by atoms with van der Waals surface area (Å²) in [6.45, 7) is 7.15. The van der Waals surface area contributed by atoms with Crippen LogP contribution in [0.2, 0.25) is 0 Å². The fourth-order valence-corrected chi connectivity index (χ4v) is 3.73. The van der Waals surface area contributed by atoms with Crippen LogP contribution in [-0.4, -0.2) is 37.2 Å². The third-order valence-electron chi connectivity index (χ3n) is 3.15. The Kier molecular flexibility index (Phi) is 5.43. The molecule has 0 spiro atoms. The molecule has 17 heavy (non-hydrogen) atoms. The summed E-state index contributed by atoms with van der Waals surface area (Å²) in [7, 11) is -3.31. The maximum absolute atomic E-state index is 12.2. The molecule has 1 heterocycles. The quantitative estimate of drug-likeness (QED) is 0.787. The molecule has 0 saturated carbocycles. The van der Waals surface area contributed by atoms with E-state index in [1.54, 1.807) is 4.31 Å². The van der Waals surface area contributed by atoms with E-state index in [4.69, 9.17) is 0 Å². The first kappa shape index (κ1) is 15.4. The van der Waals surface area contributed by atoms with E-state index in [2.05, 4.69) is 20.7 Å². The van der Waals surface area contributed by atoms with E-state index in [0.29, 0.717) is 13.1 Å². The highest BCUT2D eigenvalue weighted by molar-refractivity contribution is 9.09. The van der Waals surface area contributed by atoms with Crippen molar-refractivity contribution in [3.8, 4) is 0 Å². The van der Waals surface area contributed by atoms with Gasteiger partial charge in [0.25, 0.3) is 10.2 Å². The van der Waals surface area contributed by atoms with Crippen molar-refractivity contribution >= 4 is 26.1 Å². The van der Waals surface area contributed by atoms with Gasteiger partial charge in [-0.15, -0.1) is 0 Å². The van der Waals surface area contributed by atoms with Gasteiger partial charge in [0, 0.05) is 24.5 Å². The van der Waals surface area contributed by atoms with E-state index in [1.165, 1.54) is 0 Å². The van der Waals surface area contributed by atoms with E-state index >= 15 is 0 Å². The van der Waals surface area contributed by atoms with Gasteiger partial charge in [-0.25, -0.2) is 4.72 Å². The Hall–Kier alpha value is 0.350. The number of nitrogens with one attached hydrogen (secondary N) is 1. The van der Waals surface area contributed by atoms with Crippen molar-refractivity contribution < 1.29 is 8.42 Å². The van der Waals surface area contributed by atoms with E-state index in [9.17, 15) is 8.42 Å². The SMILES string of the molecule is CC1CCCCN1S(=O)(=O)NCC(C)(C)CBr. The van der Waals surface area contributed by atoms with Crippen LogP contribution in [0.25, 0.3) is 0 Å². The summed E-state index contributed by atoms with van der Waals surface area (Å²) >= 11 is 3.40. The predicted molar refractivity (Wildman–Crippen MR) is 74.5 cm³/mol. The van der Waals surface area contributed by atoms with Gasteiger partial charge in [-0.1, -0.05) is 36.2 Å². The smallest absolute Gasteiger partial charge is 0.202 e. The standard InChI is InChI=1S/C11H23BrN2O2S/c1-10-6-4-5-7-14(10)17(15,16)13-9-11(2,3)8-12/h10,13H,4-9H2,1-3H3. The highest BCUT2D eigenvalue weighted by Gasteiger charge is 2.30. The first-order valence-electron chi connectivity index (χ1n) is 6.11. The lowest BCUT2D eigenvalue weighted by Crippen LogP contribution is -2.49. The maximum atomic E-state index is 12.2. The van der Waals surface area contributed by atoms with Gasteiger partial charge in [-0.05, 0) is 25.2 Å². The number of rotatable bonds is 5. The van der Waals surface area contributed by atoms with Crippen LogP contribution < -0.4 is 4.72 Å². The van der Waals surface area contributed by atoms with Crippen molar-refractivity contribution in [3.63, 3.8) is 0 Å². The molecular formula is C11H23BrN2O2S.